The smallest absolute Gasteiger partial charge is 0.242 e. The molecule has 2 heterocycles. The van der Waals surface area contributed by atoms with Crippen LogP contribution in [0.2, 0.25) is 0 Å². The summed E-state index contributed by atoms with van der Waals surface area (Å²) in [5.41, 5.74) is 0. The maximum absolute atomic E-state index is 12.6. The summed E-state index contributed by atoms with van der Waals surface area (Å²) in [6.07, 6.45) is 1.69. The first-order valence-corrected chi connectivity index (χ1v) is 7.12. The average Bonchev–Trinajstić information content (AvgIpc) is 2.95. The van der Waals surface area contributed by atoms with E-state index in [0.717, 1.165) is 39.0 Å². The van der Waals surface area contributed by atoms with E-state index in [-0.39, 0.29) is 23.9 Å². The first-order chi connectivity index (χ1) is 9.15. The van der Waals surface area contributed by atoms with Gasteiger partial charge >= 0.3 is 0 Å². The Morgan fingerprint density at radius 2 is 1.95 bits per heavy atom. The van der Waals surface area contributed by atoms with Crippen molar-refractivity contribution in [1.29, 1.82) is 0 Å². The summed E-state index contributed by atoms with van der Waals surface area (Å²) < 4.78 is 0. The third-order valence-electron chi connectivity index (χ3n) is 4.14. The highest BCUT2D eigenvalue weighted by molar-refractivity contribution is 5.90. The molecule has 2 fully saturated rings. The lowest BCUT2D eigenvalue weighted by Gasteiger charge is -2.35. The number of nitrogens with one attached hydrogen (secondary N) is 2. The third kappa shape index (κ3) is 3.06. The lowest BCUT2D eigenvalue weighted by molar-refractivity contribution is -0.142. The summed E-state index contributed by atoms with van der Waals surface area (Å²) in [5, 5.41) is 5.94. The van der Waals surface area contributed by atoms with Gasteiger partial charge in [0, 0.05) is 39.8 Å². The zero-order valence-corrected chi connectivity index (χ0v) is 11.8. The Hall–Kier alpha value is -1.14. The second-order valence-electron chi connectivity index (χ2n) is 5.27. The predicted octanol–water partition coefficient (Wildman–Crippen LogP) is -0.983. The Morgan fingerprint density at radius 1 is 1.26 bits per heavy atom. The Labute approximate surface area is 114 Å². The summed E-state index contributed by atoms with van der Waals surface area (Å²) >= 11 is 0. The molecule has 0 bridgehead atoms. The number of hydrogen-bond donors (Lipinski definition) is 2. The highest BCUT2D eigenvalue weighted by atomic mass is 16.2. The minimum atomic E-state index is -0.275. The first-order valence-electron chi connectivity index (χ1n) is 7.12. The van der Waals surface area contributed by atoms with Gasteiger partial charge in [-0.3, -0.25) is 14.5 Å². The summed E-state index contributed by atoms with van der Waals surface area (Å²) in [4.78, 5) is 28.3. The number of hydrogen-bond acceptors (Lipinski definition) is 4. The molecule has 2 aliphatic heterocycles. The Balaban J connectivity index is 1.99. The molecule has 2 atom stereocenters. The molecule has 2 unspecified atom stereocenters. The molecule has 0 aromatic carbocycles. The van der Waals surface area contributed by atoms with Crippen molar-refractivity contribution in [2.75, 3.05) is 39.8 Å². The van der Waals surface area contributed by atoms with Gasteiger partial charge in [-0.25, -0.2) is 0 Å². The molecule has 2 saturated heterocycles. The van der Waals surface area contributed by atoms with Crippen LogP contribution in [0.15, 0.2) is 0 Å². The maximum Gasteiger partial charge on any atom is 0.242 e. The van der Waals surface area contributed by atoms with Crippen LogP contribution in [0.4, 0.5) is 0 Å². The van der Waals surface area contributed by atoms with E-state index in [4.69, 9.17) is 0 Å². The lowest BCUT2D eigenvalue weighted by Crippen LogP contribution is -2.55. The molecule has 0 saturated carbocycles. The van der Waals surface area contributed by atoms with E-state index in [2.05, 4.69) is 15.5 Å². The minimum absolute atomic E-state index is 0.0432. The van der Waals surface area contributed by atoms with Crippen molar-refractivity contribution < 1.29 is 9.59 Å². The van der Waals surface area contributed by atoms with E-state index in [0.29, 0.717) is 6.54 Å². The molecule has 2 rings (SSSR count). The van der Waals surface area contributed by atoms with Crippen LogP contribution in [0.25, 0.3) is 0 Å². The molecular weight excluding hydrogens is 244 g/mol. The number of piperazine rings is 1. The van der Waals surface area contributed by atoms with Gasteiger partial charge in [0.05, 0.1) is 6.04 Å². The van der Waals surface area contributed by atoms with Crippen LogP contribution in [0, 0.1) is 0 Å². The molecule has 2 N–H and O–H groups in total. The average molecular weight is 268 g/mol. The zero-order chi connectivity index (χ0) is 13.8. The van der Waals surface area contributed by atoms with Crippen LogP contribution in [-0.4, -0.2) is 73.5 Å². The van der Waals surface area contributed by atoms with Gasteiger partial charge in [-0.15, -0.1) is 0 Å². The monoisotopic (exact) mass is 268 g/mol. The summed E-state index contributed by atoms with van der Waals surface area (Å²) in [6, 6.07) is -0.407. The van der Waals surface area contributed by atoms with Crippen molar-refractivity contribution in [3.8, 4) is 0 Å². The lowest BCUT2D eigenvalue weighted by atomic mass is 10.1. The molecule has 2 aliphatic rings. The Kier molecular flexibility index (Phi) is 4.76. The molecule has 0 spiro atoms. The van der Waals surface area contributed by atoms with Crippen molar-refractivity contribution in [1.82, 2.24) is 20.4 Å². The largest absolute Gasteiger partial charge is 0.357 e. The number of nitrogens with zero attached hydrogens (tertiary/aromatic N) is 2. The molecule has 6 nitrogen and oxygen atoms in total. The number of likely N-dealkylation sites (N-methyl/N-ethyl adjacent to an activating group) is 1. The van der Waals surface area contributed by atoms with Crippen LogP contribution >= 0.6 is 0 Å². The van der Waals surface area contributed by atoms with Crippen molar-refractivity contribution in [2.45, 2.75) is 31.8 Å². The number of rotatable bonds is 3. The van der Waals surface area contributed by atoms with E-state index in [9.17, 15) is 9.59 Å². The topological polar surface area (TPSA) is 64.7 Å². The van der Waals surface area contributed by atoms with Crippen LogP contribution < -0.4 is 10.6 Å². The van der Waals surface area contributed by atoms with E-state index in [1.165, 1.54) is 0 Å². The van der Waals surface area contributed by atoms with Crippen molar-refractivity contribution in [3.63, 3.8) is 0 Å². The van der Waals surface area contributed by atoms with Gasteiger partial charge in [0.25, 0.3) is 0 Å². The van der Waals surface area contributed by atoms with Gasteiger partial charge in [0.15, 0.2) is 0 Å². The van der Waals surface area contributed by atoms with Gasteiger partial charge in [-0.1, -0.05) is 0 Å². The quantitative estimate of drug-likeness (QED) is 0.690. The number of carbonyl (C=O) groups is 2. The van der Waals surface area contributed by atoms with Gasteiger partial charge in [-0.05, 0) is 19.8 Å². The number of carbonyl (C=O) groups excluding carboxylic acids is 2. The van der Waals surface area contributed by atoms with E-state index < -0.39 is 0 Å². The minimum Gasteiger partial charge on any atom is -0.357 e. The van der Waals surface area contributed by atoms with E-state index >= 15 is 0 Å². The van der Waals surface area contributed by atoms with Crippen molar-refractivity contribution in [3.05, 3.63) is 0 Å². The fourth-order valence-electron chi connectivity index (χ4n) is 2.94. The van der Waals surface area contributed by atoms with Crippen LogP contribution in [-0.2, 0) is 9.59 Å². The summed E-state index contributed by atoms with van der Waals surface area (Å²) in [7, 11) is 1.63. The van der Waals surface area contributed by atoms with E-state index in [1.807, 2.05) is 6.92 Å². The molecular formula is C13H24N4O2. The van der Waals surface area contributed by atoms with Crippen LogP contribution in [0.3, 0.4) is 0 Å². The molecule has 6 heteroatoms. The van der Waals surface area contributed by atoms with Crippen molar-refractivity contribution in [2.24, 2.45) is 0 Å². The molecule has 0 radical (unpaired) electrons. The third-order valence-corrected chi connectivity index (χ3v) is 4.14. The molecule has 19 heavy (non-hydrogen) atoms. The maximum atomic E-state index is 12.6. The molecule has 0 aromatic rings. The summed E-state index contributed by atoms with van der Waals surface area (Å²) in [5.74, 6) is 0.0476. The van der Waals surface area contributed by atoms with E-state index in [1.54, 1.807) is 11.9 Å². The van der Waals surface area contributed by atoms with Crippen LogP contribution in [0.5, 0.6) is 0 Å². The van der Waals surface area contributed by atoms with Crippen molar-refractivity contribution >= 4 is 11.8 Å². The van der Waals surface area contributed by atoms with Gasteiger partial charge in [0.1, 0.15) is 6.04 Å². The van der Waals surface area contributed by atoms with Gasteiger partial charge in [0.2, 0.25) is 11.8 Å². The normalized spacial score (nSPS) is 26.2. The zero-order valence-electron chi connectivity index (χ0n) is 11.8. The highest BCUT2D eigenvalue weighted by Gasteiger charge is 2.37. The Bertz CT molecular complexity index is 342. The van der Waals surface area contributed by atoms with Gasteiger partial charge in [-0.2, -0.15) is 0 Å². The fourth-order valence-corrected chi connectivity index (χ4v) is 2.94. The van der Waals surface area contributed by atoms with Gasteiger partial charge < -0.3 is 15.5 Å². The fraction of sp³-hybridized carbons (Fsp3) is 0.846. The predicted molar refractivity (Wildman–Crippen MR) is 72.7 cm³/mol. The number of likely N-dealkylation sites (tertiary alicyclic amines) is 1. The molecule has 0 aliphatic carbocycles. The second-order valence-corrected chi connectivity index (χ2v) is 5.27. The first kappa shape index (κ1) is 14.3. The molecule has 108 valence electrons. The Morgan fingerprint density at radius 3 is 2.58 bits per heavy atom. The summed E-state index contributed by atoms with van der Waals surface area (Å²) in [6.45, 7) is 6.30. The highest BCUT2D eigenvalue weighted by Crippen LogP contribution is 2.19. The second kappa shape index (κ2) is 6.34. The number of amides is 2. The molecule has 0 aromatic heterocycles. The van der Waals surface area contributed by atoms with Crippen LogP contribution in [0.1, 0.15) is 19.8 Å². The SMILES string of the molecule is CNC(=O)C1CCCN1C(=O)C(C)N1CCNCC1. The standard InChI is InChI=1S/C13H24N4O2/c1-10(16-8-5-15-6-9-16)13(19)17-7-3-4-11(17)12(18)14-2/h10-11,15H,3-9H2,1-2H3,(H,14,18). The molecule has 2 amide bonds.